The zero-order valence-electron chi connectivity index (χ0n) is 16.7. The number of carbonyl (C=O) groups excluding carboxylic acids is 1. The zero-order valence-corrected chi connectivity index (χ0v) is 16.7. The lowest BCUT2D eigenvalue weighted by atomic mass is 9.87. The van der Waals surface area contributed by atoms with Crippen LogP contribution in [0.25, 0.3) is 0 Å². The molecule has 2 heterocycles. The second-order valence-electron chi connectivity index (χ2n) is 7.89. The zero-order chi connectivity index (χ0) is 19.0. The van der Waals surface area contributed by atoms with Crippen LogP contribution in [0.4, 0.5) is 4.79 Å². The number of hydrogen-bond donors (Lipinski definition) is 1. The van der Waals surface area contributed by atoms with Crippen LogP contribution >= 0.6 is 0 Å². The van der Waals surface area contributed by atoms with Crippen LogP contribution in [0.5, 0.6) is 0 Å². The summed E-state index contributed by atoms with van der Waals surface area (Å²) in [5, 5.41) is 3.24. The molecule has 1 saturated carbocycles. The third kappa shape index (κ3) is 5.66. The topological polar surface area (TPSA) is 57.7 Å². The minimum Gasteiger partial charge on any atom is -0.379 e. The van der Waals surface area contributed by atoms with Crippen molar-refractivity contribution >= 4 is 6.03 Å². The Hall–Kier alpha value is -1.66. The van der Waals surface area contributed by atoms with Crippen LogP contribution in [0, 0.1) is 0 Å². The van der Waals surface area contributed by atoms with Gasteiger partial charge in [-0.25, -0.2) is 4.79 Å². The van der Waals surface area contributed by atoms with E-state index < -0.39 is 0 Å². The van der Waals surface area contributed by atoms with Crippen LogP contribution < -0.4 is 5.32 Å². The van der Waals surface area contributed by atoms with Crippen LogP contribution in [-0.2, 0) is 11.2 Å². The molecule has 0 radical (unpaired) electrons. The summed E-state index contributed by atoms with van der Waals surface area (Å²) in [5.74, 6) is 0. The molecule has 1 aliphatic carbocycles. The van der Waals surface area contributed by atoms with Gasteiger partial charge in [-0.3, -0.25) is 9.88 Å². The Morgan fingerprint density at radius 1 is 1.22 bits per heavy atom. The summed E-state index contributed by atoms with van der Waals surface area (Å²) in [7, 11) is 1.87. The predicted molar refractivity (Wildman–Crippen MR) is 107 cm³/mol. The van der Waals surface area contributed by atoms with E-state index >= 15 is 0 Å². The Bertz CT molecular complexity index is 567. The highest BCUT2D eigenvalue weighted by molar-refractivity contribution is 5.73. The third-order valence-corrected chi connectivity index (χ3v) is 6.06. The molecule has 2 amide bonds. The first kappa shape index (κ1) is 20.1. The van der Waals surface area contributed by atoms with Gasteiger partial charge >= 0.3 is 6.03 Å². The van der Waals surface area contributed by atoms with Gasteiger partial charge in [0.1, 0.15) is 0 Å². The number of morpholine rings is 1. The van der Waals surface area contributed by atoms with E-state index in [2.05, 4.69) is 15.2 Å². The molecular formula is C21H34N4O2. The number of hydrogen-bond acceptors (Lipinski definition) is 4. The van der Waals surface area contributed by atoms with Crippen molar-refractivity contribution in [3.05, 3.63) is 30.1 Å². The first-order chi connectivity index (χ1) is 13.2. The minimum absolute atomic E-state index is 0.0165. The first-order valence-electron chi connectivity index (χ1n) is 10.4. The molecule has 6 nitrogen and oxygen atoms in total. The molecule has 2 aliphatic rings. The van der Waals surface area contributed by atoms with E-state index in [0.29, 0.717) is 6.54 Å². The number of amides is 2. The second-order valence-corrected chi connectivity index (χ2v) is 7.89. The molecule has 1 N–H and O–H groups in total. The van der Waals surface area contributed by atoms with E-state index in [1.54, 1.807) is 11.1 Å². The monoisotopic (exact) mass is 374 g/mol. The standard InChI is InChI=1S/C21H34N4O2/c1-24(13-9-19-8-4-7-12-22-19)20(26)23-18-21(10-5-2-3-6-11-21)25-14-16-27-17-15-25/h4,7-8,12H,2-3,5-6,9-11,13-18H2,1H3,(H,23,26). The van der Waals surface area contributed by atoms with Crippen LogP contribution in [0.1, 0.15) is 44.2 Å². The molecule has 0 spiro atoms. The molecule has 1 aromatic rings. The van der Waals surface area contributed by atoms with Crippen molar-refractivity contribution in [1.29, 1.82) is 0 Å². The highest BCUT2D eigenvalue weighted by Crippen LogP contribution is 2.32. The van der Waals surface area contributed by atoms with Crippen molar-refractivity contribution in [2.24, 2.45) is 0 Å². The highest BCUT2D eigenvalue weighted by atomic mass is 16.5. The fourth-order valence-electron chi connectivity index (χ4n) is 4.33. The van der Waals surface area contributed by atoms with E-state index in [9.17, 15) is 4.79 Å². The number of rotatable bonds is 6. The average molecular weight is 375 g/mol. The number of aromatic nitrogens is 1. The molecule has 2 fully saturated rings. The van der Waals surface area contributed by atoms with Gasteiger partial charge < -0.3 is 15.0 Å². The van der Waals surface area contributed by atoms with Gasteiger partial charge in [0.05, 0.1) is 13.2 Å². The molecule has 1 aromatic heterocycles. The Labute approximate surface area is 163 Å². The Morgan fingerprint density at radius 3 is 2.63 bits per heavy atom. The molecule has 3 rings (SSSR count). The highest BCUT2D eigenvalue weighted by Gasteiger charge is 2.38. The number of pyridine rings is 1. The van der Waals surface area contributed by atoms with Crippen molar-refractivity contribution in [3.63, 3.8) is 0 Å². The van der Waals surface area contributed by atoms with E-state index in [1.165, 1.54) is 38.5 Å². The summed E-state index contributed by atoms with van der Waals surface area (Å²) in [4.78, 5) is 21.4. The smallest absolute Gasteiger partial charge is 0.317 e. The Balaban J connectivity index is 1.54. The maximum absolute atomic E-state index is 12.7. The van der Waals surface area contributed by atoms with Crippen LogP contribution in [-0.4, -0.2) is 72.8 Å². The molecule has 0 bridgehead atoms. The lowest BCUT2D eigenvalue weighted by Gasteiger charge is -2.46. The molecular weight excluding hydrogens is 340 g/mol. The third-order valence-electron chi connectivity index (χ3n) is 6.06. The van der Waals surface area contributed by atoms with E-state index in [0.717, 1.165) is 45.0 Å². The summed E-state index contributed by atoms with van der Waals surface area (Å²) in [6.07, 6.45) is 10.0. The maximum atomic E-state index is 12.7. The molecule has 1 aliphatic heterocycles. The van der Waals surface area contributed by atoms with Gasteiger partial charge in [0.15, 0.2) is 0 Å². The lowest BCUT2D eigenvalue weighted by molar-refractivity contribution is -0.0279. The number of likely N-dealkylation sites (N-methyl/N-ethyl adjacent to an activating group) is 1. The summed E-state index contributed by atoms with van der Waals surface area (Å²) in [6, 6.07) is 5.92. The SMILES string of the molecule is CN(CCc1ccccn1)C(=O)NCC1(N2CCOCC2)CCCCCC1. The molecule has 0 aromatic carbocycles. The molecule has 150 valence electrons. The van der Waals surface area contributed by atoms with Gasteiger partial charge in [0.25, 0.3) is 0 Å². The summed E-state index contributed by atoms with van der Waals surface area (Å²) >= 11 is 0. The summed E-state index contributed by atoms with van der Waals surface area (Å²) < 4.78 is 5.56. The Morgan fingerprint density at radius 2 is 1.96 bits per heavy atom. The van der Waals surface area contributed by atoms with Crippen molar-refractivity contribution in [1.82, 2.24) is 20.1 Å². The van der Waals surface area contributed by atoms with E-state index in [1.807, 2.05) is 25.2 Å². The van der Waals surface area contributed by atoms with Gasteiger partial charge in [-0.2, -0.15) is 0 Å². The quantitative estimate of drug-likeness (QED) is 0.778. The van der Waals surface area contributed by atoms with Crippen LogP contribution in [0.2, 0.25) is 0 Å². The van der Waals surface area contributed by atoms with E-state index in [4.69, 9.17) is 4.74 Å². The lowest BCUT2D eigenvalue weighted by Crippen LogP contribution is -2.59. The Kier molecular flexibility index (Phi) is 7.47. The van der Waals surface area contributed by atoms with Gasteiger partial charge in [-0.05, 0) is 25.0 Å². The van der Waals surface area contributed by atoms with Crippen molar-refractivity contribution in [2.45, 2.75) is 50.5 Å². The fraction of sp³-hybridized carbons (Fsp3) is 0.714. The van der Waals surface area contributed by atoms with Gasteiger partial charge in [0, 0.05) is 57.1 Å². The number of urea groups is 1. The molecule has 0 unspecified atom stereocenters. The van der Waals surface area contributed by atoms with Crippen LogP contribution in [0.3, 0.4) is 0 Å². The number of ether oxygens (including phenoxy) is 1. The minimum atomic E-state index is 0.0165. The summed E-state index contributed by atoms with van der Waals surface area (Å²) in [6.45, 7) is 4.98. The number of nitrogens with one attached hydrogen (secondary N) is 1. The second kappa shape index (κ2) is 10.0. The van der Waals surface area contributed by atoms with Gasteiger partial charge in [-0.1, -0.05) is 31.7 Å². The van der Waals surface area contributed by atoms with Gasteiger partial charge in [0.2, 0.25) is 0 Å². The molecule has 0 atom stereocenters. The largest absolute Gasteiger partial charge is 0.379 e. The van der Waals surface area contributed by atoms with E-state index in [-0.39, 0.29) is 11.6 Å². The van der Waals surface area contributed by atoms with Crippen molar-refractivity contribution in [2.75, 3.05) is 46.4 Å². The fourth-order valence-corrected chi connectivity index (χ4v) is 4.33. The van der Waals surface area contributed by atoms with Crippen LogP contribution in [0.15, 0.2) is 24.4 Å². The van der Waals surface area contributed by atoms with Crippen molar-refractivity contribution in [3.8, 4) is 0 Å². The number of carbonyl (C=O) groups is 1. The maximum Gasteiger partial charge on any atom is 0.317 e. The number of nitrogens with zero attached hydrogens (tertiary/aromatic N) is 3. The van der Waals surface area contributed by atoms with Crippen molar-refractivity contribution < 1.29 is 9.53 Å². The van der Waals surface area contributed by atoms with Gasteiger partial charge in [-0.15, -0.1) is 0 Å². The summed E-state index contributed by atoms with van der Waals surface area (Å²) in [5.41, 5.74) is 1.11. The first-order valence-corrected chi connectivity index (χ1v) is 10.4. The average Bonchev–Trinajstić information content (AvgIpc) is 2.98. The molecule has 1 saturated heterocycles. The predicted octanol–water partition coefficient (Wildman–Crippen LogP) is 2.69. The normalized spacial score (nSPS) is 20.6. The molecule has 27 heavy (non-hydrogen) atoms. The molecule has 6 heteroatoms.